The molecule has 2 N–H and O–H groups in total. The van der Waals surface area contributed by atoms with Gasteiger partial charge in [-0.2, -0.15) is 4.39 Å². The fourth-order valence-corrected chi connectivity index (χ4v) is 1.54. The average Bonchev–Trinajstić information content (AvgIpc) is 2.55. The third kappa shape index (κ3) is 2.03. The normalized spacial score (nSPS) is 12.1. The van der Waals surface area contributed by atoms with Crippen molar-refractivity contribution in [2.75, 3.05) is 0 Å². The maximum absolute atomic E-state index is 14.1. The van der Waals surface area contributed by atoms with Crippen molar-refractivity contribution in [1.82, 2.24) is 14.8 Å². The molecule has 0 aliphatic heterocycles. The van der Waals surface area contributed by atoms with Crippen LogP contribution in [0.25, 0.3) is 11.0 Å². The molecule has 0 unspecified atom stereocenters. The van der Waals surface area contributed by atoms with Gasteiger partial charge in [0.05, 0.1) is 10.9 Å². The monoisotopic (exact) mass is 237 g/mol. The Morgan fingerprint density at radius 2 is 2.00 bits per heavy atom. The van der Waals surface area contributed by atoms with E-state index in [2.05, 4.69) is 10.1 Å². The number of halogens is 1. The summed E-state index contributed by atoms with van der Waals surface area (Å²) in [4.78, 5) is 3.91. The fraction of sp³-hybridized carbons (Fsp3) is 0.400. The summed E-state index contributed by atoms with van der Waals surface area (Å²) in [5.41, 5.74) is -0.102. The maximum Gasteiger partial charge on any atom is 0.490 e. The molecule has 0 bridgehead atoms. The summed E-state index contributed by atoms with van der Waals surface area (Å²) in [5.74, 6) is -0.525. The molecule has 0 saturated heterocycles. The zero-order chi connectivity index (χ0) is 12.8. The molecule has 17 heavy (non-hydrogen) atoms. The number of pyridine rings is 1. The minimum Gasteiger partial charge on any atom is -0.423 e. The van der Waals surface area contributed by atoms with Crippen molar-refractivity contribution in [2.45, 2.75) is 26.3 Å². The van der Waals surface area contributed by atoms with Crippen LogP contribution >= 0.6 is 0 Å². The first-order chi connectivity index (χ1) is 7.80. The Morgan fingerprint density at radius 3 is 2.53 bits per heavy atom. The first-order valence-corrected chi connectivity index (χ1v) is 5.21. The van der Waals surface area contributed by atoms with E-state index in [0.29, 0.717) is 0 Å². The SMILES string of the molecule is CC(C)(C)n1nc2ncc(B(O)O)cc2c1F. The van der Waals surface area contributed by atoms with E-state index in [1.807, 2.05) is 20.8 Å². The molecular formula is C10H13BFN3O2. The van der Waals surface area contributed by atoms with Crippen LogP contribution in [0.1, 0.15) is 20.8 Å². The number of fused-ring (bicyclic) bond motifs is 1. The van der Waals surface area contributed by atoms with E-state index in [4.69, 9.17) is 10.0 Å². The Labute approximate surface area is 98.0 Å². The molecule has 2 aromatic rings. The van der Waals surface area contributed by atoms with Crippen molar-refractivity contribution in [3.05, 3.63) is 18.2 Å². The second-order valence-corrected chi connectivity index (χ2v) is 4.89. The van der Waals surface area contributed by atoms with E-state index in [0.717, 1.165) is 0 Å². The minimum absolute atomic E-state index is 0.143. The van der Waals surface area contributed by atoms with E-state index in [-0.39, 0.29) is 16.5 Å². The lowest BCUT2D eigenvalue weighted by Crippen LogP contribution is -2.30. The molecule has 2 heterocycles. The standard InChI is InChI=1S/C10H13BFN3O2/c1-10(2,3)15-8(12)7-4-6(11(16)17)5-13-9(7)14-15/h4-5,16-17H,1-3H3. The van der Waals surface area contributed by atoms with Gasteiger partial charge in [-0.1, -0.05) is 0 Å². The van der Waals surface area contributed by atoms with Crippen molar-refractivity contribution in [1.29, 1.82) is 0 Å². The highest BCUT2D eigenvalue weighted by molar-refractivity contribution is 6.58. The van der Waals surface area contributed by atoms with Crippen LogP contribution in [0.2, 0.25) is 0 Å². The highest BCUT2D eigenvalue weighted by Gasteiger charge is 2.23. The highest BCUT2D eigenvalue weighted by atomic mass is 19.1. The molecule has 0 fully saturated rings. The lowest BCUT2D eigenvalue weighted by molar-refractivity contribution is 0.303. The summed E-state index contributed by atoms with van der Waals surface area (Å²) in [6.45, 7) is 5.47. The minimum atomic E-state index is -1.66. The molecule has 5 nitrogen and oxygen atoms in total. The first-order valence-electron chi connectivity index (χ1n) is 5.21. The molecule has 0 aromatic carbocycles. The summed E-state index contributed by atoms with van der Waals surface area (Å²) < 4.78 is 15.3. The third-order valence-electron chi connectivity index (χ3n) is 2.42. The Bertz CT molecular complexity index is 562. The smallest absolute Gasteiger partial charge is 0.423 e. The van der Waals surface area contributed by atoms with E-state index >= 15 is 0 Å². The predicted molar refractivity (Wildman–Crippen MR) is 62.3 cm³/mol. The van der Waals surface area contributed by atoms with Gasteiger partial charge in [0.2, 0.25) is 5.95 Å². The number of hydrogen-bond acceptors (Lipinski definition) is 4. The van der Waals surface area contributed by atoms with Crippen LogP contribution in [0.5, 0.6) is 0 Å². The Balaban J connectivity index is 2.67. The Morgan fingerprint density at radius 1 is 1.35 bits per heavy atom. The van der Waals surface area contributed by atoms with Gasteiger partial charge in [0.25, 0.3) is 0 Å². The van der Waals surface area contributed by atoms with Crippen molar-refractivity contribution >= 4 is 23.6 Å². The van der Waals surface area contributed by atoms with Gasteiger partial charge in [0, 0.05) is 11.7 Å². The van der Waals surface area contributed by atoms with Crippen molar-refractivity contribution < 1.29 is 14.4 Å². The van der Waals surface area contributed by atoms with Crippen LogP contribution in [0.15, 0.2) is 12.3 Å². The van der Waals surface area contributed by atoms with Gasteiger partial charge in [-0.25, -0.2) is 9.67 Å². The number of nitrogens with zero attached hydrogens (tertiary/aromatic N) is 3. The van der Waals surface area contributed by atoms with Gasteiger partial charge in [0.1, 0.15) is 0 Å². The molecule has 7 heteroatoms. The van der Waals surface area contributed by atoms with E-state index in [1.165, 1.54) is 16.9 Å². The second kappa shape index (κ2) is 3.78. The molecule has 0 radical (unpaired) electrons. The molecule has 0 spiro atoms. The topological polar surface area (TPSA) is 71.2 Å². The first kappa shape index (κ1) is 12.0. The quantitative estimate of drug-likeness (QED) is 0.685. The summed E-state index contributed by atoms with van der Waals surface area (Å²) in [6, 6.07) is 1.34. The summed E-state index contributed by atoms with van der Waals surface area (Å²) in [6.07, 6.45) is 1.27. The van der Waals surface area contributed by atoms with Gasteiger partial charge < -0.3 is 10.0 Å². The van der Waals surface area contributed by atoms with Gasteiger partial charge in [-0.3, -0.25) is 0 Å². The number of rotatable bonds is 1. The predicted octanol–water partition coefficient (Wildman–Crippen LogP) is 0.00520. The zero-order valence-electron chi connectivity index (χ0n) is 9.85. The summed E-state index contributed by atoms with van der Waals surface area (Å²) in [5, 5.41) is 22.3. The average molecular weight is 237 g/mol. The van der Waals surface area contributed by atoms with Crippen molar-refractivity contribution in [2.24, 2.45) is 0 Å². The van der Waals surface area contributed by atoms with E-state index < -0.39 is 18.6 Å². The highest BCUT2D eigenvalue weighted by Crippen LogP contribution is 2.21. The fourth-order valence-electron chi connectivity index (χ4n) is 1.54. The molecule has 0 aliphatic carbocycles. The molecule has 2 rings (SSSR count). The molecule has 0 amide bonds. The van der Waals surface area contributed by atoms with Gasteiger partial charge in [-0.05, 0) is 26.8 Å². The summed E-state index contributed by atoms with van der Waals surface area (Å²) in [7, 11) is -1.66. The van der Waals surface area contributed by atoms with Crippen LogP contribution in [0.3, 0.4) is 0 Å². The molecule has 0 atom stereocenters. The third-order valence-corrected chi connectivity index (χ3v) is 2.42. The number of aromatic nitrogens is 3. The van der Waals surface area contributed by atoms with Gasteiger partial charge >= 0.3 is 7.12 Å². The molecule has 90 valence electrons. The lowest BCUT2D eigenvalue weighted by atomic mass is 9.81. The van der Waals surface area contributed by atoms with Crippen LogP contribution in [-0.4, -0.2) is 31.9 Å². The van der Waals surface area contributed by atoms with Crippen molar-refractivity contribution in [3.8, 4) is 0 Å². The van der Waals surface area contributed by atoms with Crippen LogP contribution in [-0.2, 0) is 5.54 Å². The van der Waals surface area contributed by atoms with Crippen LogP contribution in [0, 0.1) is 5.95 Å². The molecule has 2 aromatic heterocycles. The molecular weight excluding hydrogens is 224 g/mol. The van der Waals surface area contributed by atoms with E-state index in [9.17, 15) is 4.39 Å². The van der Waals surface area contributed by atoms with Crippen LogP contribution in [0.4, 0.5) is 4.39 Å². The summed E-state index contributed by atoms with van der Waals surface area (Å²) >= 11 is 0. The lowest BCUT2D eigenvalue weighted by Gasteiger charge is -2.18. The van der Waals surface area contributed by atoms with Crippen LogP contribution < -0.4 is 5.46 Å². The Kier molecular flexibility index (Phi) is 2.67. The zero-order valence-corrected chi connectivity index (χ0v) is 9.85. The number of hydrogen-bond donors (Lipinski definition) is 2. The molecule has 0 saturated carbocycles. The maximum atomic E-state index is 14.1. The van der Waals surface area contributed by atoms with Gasteiger partial charge in [-0.15, -0.1) is 5.10 Å². The van der Waals surface area contributed by atoms with Crippen molar-refractivity contribution in [3.63, 3.8) is 0 Å². The Hall–Kier alpha value is -1.47. The molecule has 0 aliphatic rings. The van der Waals surface area contributed by atoms with Gasteiger partial charge in [0.15, 0.2) is 5.65 Å². The van der Waals surface area contributed by atoms with E-state index in [1.54, 1.807) is 0 Å². The second-order valence-electron chi connectivity index (χ2n) is 4.89. The largest absolute Gasteiger partial charge is 0.490 e.